The lowest BCUT2D eigenvalue weighted by molar-refractivity contribution is 0.732. The predicted molar refractivity (Wildman–Crippen MR) is 124 cm³/mol. The summed E-state index contributed by atoms with van der Waals surface area (Å²) in [5.41, 5.74) is 9.73. The van der Waals surface area contributed by atoms with Crippen LogP contribution >= 0.6 is 11.8 Å². The molecule has 0 radical (unpaired) electrons. The number of nitrogens with one attached hydrogen (secondary N) is 1. The highest BCUT2D eigenvalue weighted by molar-refractivity contribution is 7.99. The Hall–Kier alpha value is -2.98. The highest BCUT2D eigenvalue weighted by Gasteiger charge is 2.54. The number of anilines is 1. The van der Waals surface area contributed by atoms with Crippen molar-refractivity contribution < 1.29 is 0 Å². The third-order valence-corrected chi connectivity index (χ3v) is 7.67. The van der Waals surface area contributed by atoms with Gasteiger partial charge in [0.2, 0.25) is 0 Å². The zero-order valence-corrected chi connectivity index (χ0v) is 19.0. The second kappa shape index (κ2) is 7.01. The van der Waals surface area contributed by atoms with Gasteiger partial charge in [0.25, 0.3) is 5.56 Å². The molecule has 0 aromatic carbocycles. The van der Waals surface area contributed by atoms with E-state index >= 15 is 0 Å². The summed E-state index contributed by atoms with van der Waals surface area (Å²) in [5, 5.41) is 2.21. The Balaban J connectivity index is 1.43. The van der Waals surface area contributed by atoms with Gasteiger partial charge in [0.15, 0.2) is 5.16 Å². The molecule has 2 aliphatic rings. The minimum absolute atomic E-state index is 0.287. The number of hydrogen-bond donors (Lipinski definition) is 2. The van der Waals surface area contributed by atoms with E-state index in [9.17, 15) is 4.79 Å². The van der Waals surface area contributed by atoms with Crippen molar-refractivity contribution in [2.24, 2.45) is 24.6 Å². The molecule has 2 atom stereocenters. The van der Waals surface area contributed by atoms with Gasteiger partial charge in [0.05, 0.1) is 10.8 Å². The number of aromatic nitrogens is 6. The van der Waals surface area contributed by atoms with Gasteiger partial charge in [-0.1, -0.05) is 6.92 Å². The SMILES string of the molecule is CCc1[nH]c2nc(Sc3cnc4c(c3)c(=O)ncn4C)nc(N3CC4C(N)C4C3)c2c1C. The average Bonchev–Trinajstić information content (AvgIpc) is 3.12. The molecule has 5 heterocycles. The van der Waals surface area contributed by atoms with Gasteiger partial charge in [0, 0.05) is 43.0 Å². The maximum absolute atomic E-state index is 12.2. The average molecular weight is 449 g/mol. The maximum Gasteiger partial charge on any atom is 0.282 e. The van der Waals surface area contributed by atoms with Crippen molar-refractivity contribution >= 4 is 39.6 Å². The van der Waals surface area contributed by atoms with Crippen molar-refractivity contribution in [2.45, 2.75) is 36.4 Å². The van der Waals surface area contributed by atoms with Crippen molar-refractivity contribution in [1.82, 2.24) is 29.5 Å². The van der Waals surface area contributed by atoms with Crippen LogP contribution in [-0.2, 0) is 13.5 Å². The Kier molecular flexibility index (Phi) is 4.31. The molecule has 3 N–H and O–H groups in total. The molecular weight excluding hydrogens is 424 g/mol. The highest BCUT2D eigenvalue weighted by atomic mass is 32.2. The number of hydrogen-bond acceptors (Lipinski definition) is 8. The molecule has 0 spiro atoms. The van der Waals surface area contributed by atoms with E-state index in [1.54, 1.807) is 10.8 Å². The Morgan fingerprint density at radius 3 is 2.78 bits per heavy atom. The summed E-state index contributed by atoms with van der Waals surface area (Å²) in [6.07, 6.45) is 4.14. The smallest absolute Gasteiger partial charge is 0.282 e. The number of rotatable bonds is 4. The largest absolute Gasteiger partial charge is 0.355 e. The van der Waals surface area contributed by atoms with Gasteiger partial charge in [-0.15, -0.1) is 0 Å². The zero-order valence-electron chi connectivity index (χ0n) is 18.2. The molecule has 1 saturated heterocycles. The van der Waals surface area contributed by atoms with Crippen molar-refractivity contribution in [3.05, 3.63) is 40.2 Å². The minimum Gasteiger partial charge on any atom is -0.355 e. The van der Waals surface area contributed by atoms with Crippen molar-refractivity contribution in [1.29, 1.82) is 0 Å². The molecule has 4 aromatic rings. The third kappa shape index (κ3) is 2.93. The lowest BCUT2D eigenvalue weighted by Gasteiger charge is -2.21. The van der Waals surface area contributed by atoms with E-state index in [0.717, 1.165) is 41.3 Å². The normalized spacial score (nSPS) is 22.1. The summed E-state index contributed by atoms with van der Waals surface area (Å²) in [6.45, 7) is 6.15. The van der Waals surface area contributed by atoms with Crippen LogP contribution in [-0.4, -0.2) is 48.6 Å². The van der Waals surface area contributed by atoms with E-state index in [1.807, 2.05) is 13.1 Å². The highest BCUT2D eigenvalue weighted by Crippen LogP contribution is 2.46. The molecule has 0 amide bonds. The van der Waals surface area contributed by atoms with Gasteiger partial charge in [-0.25, -0.2) is 15.0 Å². The van der Waals surface area contributed by atoms with Crippen LogP contribution in [0.1, 0.15) is 18.2 Å². The minimum atomic E-state index is -0.287. The fraction of sp³-hybridized carbons (Fsp3) is 0.409. The fourth-order valence-electron chi connectivity index (χ4n) is 4.93. The number of pyridine rings is 1. The summed E-state index contributed by atoms with van der Waals surface area (Å²) < 4.78 is 1.74. The molecule has 32 heavy (non-hydrogen) atoms. The van der Waals surface area contributed by atoms with E-state index in [2.05, 4.69) is 33.7 Å². The summed E-state index contributed by atoms with van der Waals surface area (Å²) in [4.78, 5) is 37.1. The summed E-state index contributed by atoms with van der Waals surface area (Å²) in [5.74, 6) is 2.10. The van der Waals surface area contributed by atoms with E-state index in [4.69, 9.17) is 15.7 Å². The van der Waals surface area contributed by atoms with Crippen LogP contribution in [0, 0.1) is 18.8 Å². The van der Waals surface area contributed by atoms with Gasteiger partial charge in [0.1, 0.15) is 23.4 Å². The molecule has 1 aliphatic heterocycles. The van der Waals surface area contributed by atoms with E-state index < -0.39 is 0 Å². The summed E-state index contributed by atoms with van der Waals surface area (Å²) >= 11 is 1.41. The van der Waals surface area contributed by atoms with E-state index in [0.29, 0.717) is 34.1 Å². The van der Waals surface area contributed by atoms with Crippen molar-refractivity contribution in [3.63, 3.8) is 0 Å². The van der Waals surface area contributed by atoms with Crippen molar-refractivity contribution in [2.75, 3.05) is 18.0 Å². The molecule has 10 heteroatoms. The van der Waals surface area contributed by atoms with Gasteiger partial charge < -0.3 is 20.2 Å². The number of nitrogens with zero attached hydrogens (tertiary/aromatic N) is 6. The molecule has 9 nitrogen and oxygen atoms in total. The van der Waals surface area contributed by atoms with Gasteiger partial charge >= 0.3 is 0 Å². The molecule has 1 saturated carbocycles. The number of piperidine rings is 1. The van der Waals surface area contributed by atoms with Crippen LogP contribution < -0.4 is 16.2 Å². The third-order valence-electron chi connectivity index (χ3n) is 6.84. The zero-order chi connectivity index (χ0) is 22.1. The molecule has 1 aliphatic carbocycles. The molecule has 2 unspecified atom stereocenters. The lowest BCUT2D eigenvalue weighted by Crippen LogP contribution is -2.29. The van der Waals surface area contributed by atoms with Gasteiger partial charge in [-0.05, 0) is 48.6 Å². The number of fused-ring (bicyclic) bond motifs is 3. The first-order chi connectivity index (χ1) is 15.4. The Bertz CT molecular complexity index is 1430. The molecule has 0 bridgehead atoms. The second-order valence-electron chi connectivity index (χ2n) is 8.75. The molecular formula is C22H24N8OS. The number of aromatic amines is 1. The van der Waals surface area contributed by atoms with Gasteiger partial charge in [-0.2, -0.15) is 4.98 Å². The van der Waals surface area contributed by atoms with Crippen molar-refractivity contribution in [3.8, 4) is 0 Å². The number of nitrogens with two attached hydrogens (primary N) is 1. The number of H-pyrrole nitrogens is 1. The van der Waals surface area contributed by atoms with Crippen LogP contribution in [0.3, 0.4) is 0 Å². The Morgan fingerprint density at radius 1 is 1.25 bits per heavy atom. The monoisotopic (exact) mass is 448 g/mol. The van der Waals surface area contributed by atoms with Crippen LogP contribution in [0.15, 0.2) is 33.4 Å². The standard InChI is InChI=1S/C22H24N8OS/c1-4-15-10(2)16-18(26-15)27-22(28-20(16)30-7-13-14(8-30)17(13)23)32-11-5-12-19(24-6-11)29(3)9-25-21(12)31/h5-6,9,13-14,17H,4,7-8,23H2,1-3H3,(H,26,27,28). The first kappa shape index (κ1) is 19.7. The van der Waals surface area contributed by atoms with E-state index in [-0.39, 0.29) is 5.56 Å². The Morgan fingerprint density at radius 2 is 2.03 bits per heavy atom. The Labute approximate surface area is 188 Å². The number of aryl methyl sites for hydroxylation is 3. The molecule has 164 valence electrons. The van der Waals surface area contributed by atoms with Gasteiger partial charge in [-0.3, -0.25) is 4.79 Å². The summed E-state index contributed by atoms with van der Waals surface area (Å²) in [7, 11) is 1.82. The lowest BCUT2D eigenvalue weighted by atomic mass is 10.1. The van der Waals surface area contributed by atoms with E-state index in [1.165, 1.54) is 29.3 Å². The first-order valence-corrected chi connectivity index (χ1v) is 11.6. The van der Waals surface area contributed by atoms with Crippen LogP contribution in [0.2, 0.25) is 0 Å². The van der Waals surface area contributed by atoms with Crippen LogP contribution in [0.4, 0.5) is 5.82 Å². The topological polar surface area (TPSA) is 119 Å². The second-order valence-corrected chi connectivity index (χ2v) is 9.79. The maximum atomic E-state index is 12.2. The predicted octanol–water partition coefficient (Wildman–Crippen LogP) is 2.02. The van der Waals surface area contributed by atoms with Crippen LogP contribution in [0.25, 0.3) is 22.1 Å². The molecule has 4 aromatic heterocycles. The fourth-order valence-corrected chi connectivity index (χ4v) is 5.69. The molecule has 2 fully saturated rings. The molecule has 6 rings (SSSR count). The summed E-state index contributed by atoms with van der Waals surface area (Å²) in [6, 6.07) is 2.15. The quantitative estimate of drug-likeness (QED) is 0.455. The first-order valence-electron chi connectivity index (χ1n) is 10.8. The van der Waals surface area contributed by atoms with Crippen LogP contribution in [0.5, 0.6) is 0 Å².